The molecule has 2 fully saturated rings. The number of aliphatic imine (C=N–C) groups is 1. The standard InChI is InChI=1S/C23H31ClN6O.HI/c1-2-25-23(28-20-11-12-29(16-20)22(31)18-5-3-4-6-18)26-13-17-14-27-30(15-17)21-9-7-19(24)8-10-21;/h7-10,14-15,18,20H,2-6,11-13,16H2,1H3,(H2,25,26,28);1H. The number of likely N-dealkylation sites (tertiary alicyclic amines) is 1. The van der Waals surface area contributed by atoms with Crippen molar-refractivity contribution in [3.05, 3.63) is 47.2 Å². The molecule has 2 N–H and O–H groups in total. The number of guanidine groups is 1. The fraction of sp³-hybridized carbons (Fsp3) is 0.522. The van der Waals surface area contributed by atoms with Gasteiger partial charge in [-0.25, -0.2) is 9.67 Å². The minimum atomic E-state index is 0. The number of hydrogen-bond acceptors (Lipinski definition) is 3. The minimum absolute atomic E-state index is 0. The zero-order chi connectivity index (χ0) is 21.6. The Bertz CT molecular complexity index is 909. The maximum atomic E-state index is 12.7. The molecule has 9 heteroatoms. The smallest absolute Gasteiger partial charge is 0.225 e. The number of carbonyl (C=O) groups excluding carboxylic acids is 1. The molecule has 1 aromatic carbocycles. The average Bonchev–Trinajstić information content (AvgIpc) is 3.54. The number of aromatic nitrogens is 2. The number of hydrogen-bond donors (Lipinski definition) is 2. The first-order chi connectivity index (χ1) is 15.1. The van der Waals surface area contributed by atoms with Gasteiger partial charge in [0.1, 0.15) is 0 Å². The lowest BCUT2D eigenvalue weighted by Crippen LogP contribution is -2.45. The van der Waals surface area contributed by atoms with Crippen molar-refractivity contribution in [2.75, 3.05) is 19.6 Å². The third-order valence-electron chi connectivity index (χ3n) is 6.04. The Kier molecular flexibility index (Phi) is 9.22. The summed E-state index contributed by atoms with van der Waals surface area (Å²) in [7, 11) is 0. The highest BCUT2D eigenvalue weighted by molar-refractivity contribution is 14.0. The first kappa shape index (κ1) is 24.8. The largest absolute Gasteiger partial charge is 0.357 e. The van der Waals surface area contributed by atoms with Crippen LogP contribution in [0.2, 0.25) is 5.02 Å². The van der Waals surface area contributed by atoms with Crippen LogP contribution in [-0.4, -0.2) is 52.2 Å². The number of halogens is 2. The van der Waals surface area contributed by atoms with Gasteiger partial charge in [-0.3, -0.25) is 4.79 Å². The van der Waals surface area contributed by atoms with Gasteiger partial charge in [0.25, 0.3) is 0 Å². The number of benzene rings is 1. The zero-order valence-corrected chi connectivity index (χ0v) is 21.6. The van der Waals surface area contributed by atoms with Crippen LogP contribution in [0.3, 0.4) is 0 Å². The Morgan fingerprint density at radius 2 is 1.97 bits per heavy atom. The van der Waals surface area contributed by atoms with E-state index in [-0.39, 0.29) is 35.9 Å². The van der Waals surface area contributed by atoms with Gasteiger partial charge in [-0.15, -0.1) is 24.0 Å². The molecule has 2 heterocycles. The van der Waals surface area contributed by atoms with Crippen LogP contribution in [0.25, 0.3) is 5.69 Å². The lowest BCUT2D eigenvalue weighted by atomic mass is 10.1. The van der Waals surface area contributed by atoms with E-state index in [0.29, 0.717) is 17.5 Å². The van der Waals surface area contributed by atoms with Crippen molar-refractivity contribution in [2.45, 2.75) is 51.6 Å². The van der Waals surface area contributed by atoms with Crippen LogP contribution < -0.4 is 10.6 Å². The average molecular weight is 571 g/mol. The summed E-state index contributed by atoms with van der Waals surface area (Å²) in [5.41, 5.74) is 1.99. The van der Waals surface area contributed by atoms with Crippen LogP contribution in [0.5, 0.6) is 0 Å². The molecule has 174 valence electrons. The SMILES string of the molecule is CCNC(=NCc1cnn(-c2ccc(Cl)cc2)c1)NC1CCN(C(=O)C2CCCC2)C1.I. The van der Waals surface area contributed by atoms with Crippen molar-refractivity contribution < 1.29 is 4.79 Å². The highest BCUT2D eigenvalue weighted by Gasteiger charge is 2.32. The van der Waals surface area contributed by atoms with E-state index in [4.69, 9.17) is 16.6 Å². The maximum absolute atomic E-state index is 12.7. The van der Waals surface area contributed by atoms with Crippen molar-refractivity contribution in [3.8, 4) is 5.69 Å². The molecule has 0 bridgehead atoms. The summed E-state index contributed by atoms with van der Waals surface area (Å²) in [6.07, 6.45) is 9.27. The molecule has 2 aromatic rings. The molecular weight excluding hydrogens is 539 g/mol. The number of nitrogens with zero attached hydrogens (tertiary/aromatic N) is 4. The summed E-state index contributed by atoms with van der Waals surface area (Å²) in [5, 5.41) is 12.0. The van der Waals surface area contributed by atoms with Crippen LogP contribution in [0.15, 0.2) is 41.7 Å². The Morgan fingerprint density at radius 1 is 1.22 bits per heavy atom. The Labute approximate surface area is 212 Å². The van der Waals surface area contributed by atoms with E-state index >= 15 is 0 Å². The molecule has 0 radical (unpaired) electrons. The van der Waals surface area contributed by atoms with Crippen molar-refractivity contribution in [1.82, 2.24) is 25.3 Å². The van der Waals surface area contributed by atoms with Gasteiger partial charge in [0.15, 0.2) is 5.96 Å². The highest BCUT2D eigenvalue weighted by Crippen LogP contribution is 2.27. The fourth-order valence-electron chi connectivity index (χ4n) is 4.37. The van der Waals surface area contributed by atoms with Gasteiger partial charge in [0.05, 0.1) is 18.4 Å². The molecule has 32 heavy (non-hydrogen) atoms. The fourth-order valence-corrected chi connectivity index (χ4v) is 4.50. The molecule has 1 saturated carbocycles. The summed E-state index contributed by atoms with van der Waals surface area (Å²) < 4.78 is 1.82. The molecule has 0 spiro atoms. The van der Waals surface area contributed by atoms with E-state index in [1.807, 2.05) is 46.2 Å². The number of rotatable bonds is 6. The first-order valence-corrected chi connectivity index (χ1v) is 11.6. The lowest BCUT2D eigenvalue weighted by Gasteiger charge is -2.21. The van der Waals surface area contributed by atoms with E-state index in [1.54, 1.807) is 0 Å². The Morgan fingerprint density at radius 3 is 2.69 bits per heavy atom. The van der Waals surface area contributed by atoms with Crippen molar-refractivity contribution in [1.29, 1.82) is 0 Å². The van der Waals surface area contributed by atoms with Crippen LogP contribution in [-0.2, 0) is 11.3 Å². The van der Waals surface area contributed by atoms with Crippen LogP contribution in [0.4, 0.5) is 0 Å². The lowest BCUT2D eigenvalue weighted by molar-refractivity contribution is -0.134. The first-order valence-electron chi connectivity index (χ1n) is 11.3. The number of amides is 1. The monoisotopic (exact) mass is 570 g/mol. The molecule has 7 nitrogen and oxygen atoms in total. The predicted molar refractivity (Wildman–Crippen MR) is 139 cm³/mol. The Balaban J connectivity index is 0.00000289. The summed E-state index contributed by atoms with van der Waals surface area (Å²) in [5.74, 6) is 1.37. The number of carbonyl (C=O) groups is 1. The molecule has 1 aliphatic heterocycles. The topological polar surface area (TPSA) is 74.6 Å². The summed E-state index contributed by atoms with van der Waals surface area (Å²) >= 11 is 5.96. The molecule has 1 saturated heterocycles. The van der Waals surface area contributed by atoms with E-state index in [9.17, 15) is 4.79 Å². The van der Waals surface area contributed by atoms with Gasteiger partial charge < -0.3 is 15.5 Å². The van der Waals surface area contributed by atoms with Crippen LogP contribution in [0.1, 0.15) is 44.6 Å². The van der Waals surface area contributed by atoms with Crippen molar-refractivity contribution in [2.24, 2.45) is 10.9 Å². The quantitative estimate of drug-likeness (QED) is 0.313. The normalized spacial score (nSPS) is 19.1. The molecular formula is C23H32ClIN6O. The van der Waals surface area contributed by atoms with Crippen molar-refractivity contribution >= 4 is 47.4 Å². The summed E-state index contributed by atoms with van der Waals surface area (Å²) in [6.45, 7) is 4.96. The predicted octanol–water partition coefficient (Wildman–Crippen LogP) is 3.99. The third kappa shape index (κ3) is 6.37. The second-order valence-electron chi connectivity index (χ2n) is 8.36. The van der Waals surface area contributed by atoms with Crippen molar-refractivity contribution in [3.63, 3.8) is 0 Å². The summed E-state index contributed by atoms with van der Waals surface area (Å²) in [6, 6.07) is 7.82. The van der Waals surface area contributed by atoms with E-state index in [1.165, 1.54) is 12.8 Å². The second-order valence-corrected chi connectivity index (χ2v) is 8.80. The highest BCUT2D eigenvalue weighted by atomic mass is 127. The molecule has 1 unspecified atom stereocenters. The van der Waals surface area contributed by atoms with E-state index < -0.39 is 0 Å². The molecule has 1 amide bonds. The minimum Gasteiger partial charge on any atom is -0.357 e. The van der Waals surface area contributed by atoms with Gasteiger partial charge in [-0.05, 0) is 50.5 Å². The van der Waals surface area contributed by atoms with Gasteiger partial charge >= 0.3 is 0 Å². The van der Waals surface area contributed by atoms with Gasteiger partial charge in [0.2, 0.25) is 5.91 Å². The second kappa shape index (κ2) is 11.9. The molecule has 1 atom stereocenters. The molecule has 4 rings (SSSR count). The Hall–Kier alpha value is -1.81. The van der Waals surface area contributed by atoms with Gasteiger partial charge in [-0.2, -0.15) is 5.10 Å². The van der Waals surface area contributed by atoms with Gasteiger partial charge in [-0.1, -0.05) is 24.4 Å². The molecule has 2 aliphatic rings. The van der Waals surface area contributed by atoms with E-state index in [0.717, 1.165) is 56.1 Å². The van der Waals surface area contributed by atoms with Crippen LogP contribution >= 0.6 is 35.6 Å². The molecule has 1 aromatic heterocycles. The van der Waals surface area contributed by atoms with Gasteiger partial charge in [0, 0.05) is 48.4 Å². The summed E-state index contributed by atoms with van der Waals surface area (Å²) in [4.78, 5) is 19.5. The maximum Gasteiger partial charge on any atom is 0.225 e. The van der Waals surface area contributed by atoms with E-state index in [2.05, 4.69) is 22.7 Å². The third-order valence-corrected chi connectivity index (χ3v) is 6.29. The number of nitrogens with one attached hydrogen (secondary N) is 2. The zero-order valence-electron chi connectivity index (χ0n) is 18.5. The molecule has 1 aliphatic carbocycles. The van der Waals surface area contributed by atoms with Crippen LogP contribution in [0, 0.1) is 5.92 Å².